The normalized spacial score (nSPS) is 17.6. The SMILES string of the molecule is NCC1CN(c2ncnc3[nH]cc(-c4cccc(C(N)=O)c4)c23)CCO1. The van der Waals surface area contributed by atoms with Crippen LogP contribution in [0.5, 0.6) is 0 Å². The molecule has 26 heavy (non-hydrogen) atoms. The van der Waals surface area contributed by atoms with E-state index < -0.39 is 5.91 Å². The number of aromatic amines is 1. The van der Waals surface area contributed by atoms with E-state index in [0.717, 1.165) is 34.5 Å². The lowest BCUT2D eigenvalue weighted by Crippen LogP contribution is -2.46. The number of morpholine rings is 1. The summed E-state index contributed by atoms with van der Waals surface area (Å²) in [5, 5.41) is 0.909. The Morgan fingerprint density at radius 3 is 3.08 bits per heavy atom. The number of amides is 1. The summed E-state index contributed by atoms with van der Waals surface area (Å²) in [6.07, 6.45) is 3.41. The van der Waals surface area contributed by atoms with Crippen molar-refractivity contribution in [2.45, 2.75) is 6.10 Å². The molecule has 1 aliphatic rings. The quantitative estimate of drug-likeness (QED) is 0.641. The highest BCUT2D eigenvalue weighted by Gasteiger charge is 2.24. The Kier molecular flexibility index (Phi) is 4.27. The summed E-state index contributed by atoms with van der Waals surface area (Å²) in [5.74, 6) is 0.375. The lowest BCUT2D eigenvalue weighted by molar-refractivity contribution is 0.0464. The molecule has 1 unspecified atom stereocenters. The Hall–Kier alpha value is -2.97. The van der Waals surface area contributed by atoms with Gasteiger partial charge in [-0.2, -0.15) is 0 Å². The minimum atomic E-state index is -0.456. The van der Waals surface area contributed by atoms with E-state index in [1.165, 1.54) is 0 Å². The third-order valence-electron chi connectivity index (χ3n) is 4.61. The van der Waals surface area contributed by atoms with Crippen LogP contribution in [0.3, 0.4) is 0 Å². The lowest BCUT2D eigenvalue weighted by atomic mass is 10.0. The molecule has 0 bridgehead atoms. The van der Waals surface area contributed by atoms with Gasteiger partial charge in [-0.15, -0.1) is 0 Å². The Morgan fingerprint density at radius 2 is 2.27 bits per heavy atom. The number of ether oxygens (including phenoxy) is 1. The van der Waals surface area contributed by atoms with Crippen LogP contribution in [0.25, 0.3) is 22.2 Å². The third kappa shape index (κ3) is 2.89. The van der Waals surface area contributed by atoms with E-state index in [-0.39, 0.29) is 6.10 Å². The Labute approximate surface area is 150 Å². The molecule has 1 atom stereocenters. The largest absolute Gasteiger partial charge is 0.373 e. The van der Waals surface area contributed by atoms with Crippen molar-refractivity contribution < 1.29 is 9.53 Å². The smallest absolute Gasteiger partial charge is 0.248 e. The van der Waals surface area contributed by atoms with Crippen LogP contribution in [0.4, 0.5) is 5.82 Å². The third-order valence-corrected chi connectivity index (χ3v) is 4.61. The fourth-order valence-corrected chi connectivity index (χ4v) is 3.31. The number of primary amides is 1. The van der Waals surface area contributed by atoms with Crippen LogP contribution in [0.2, 0.25) is 0 Å². The first kappa shape index (κ1) is 16.5. The Morgan fingerprint density at radius 1 is 1.38 bits per heavy atom. The van der Waals surface area contributed by atoms with Crippen molar-refractivity contribution >= 4 is 22.8 Å². The number of hydrogen-bond donors (Lipinski definition) is 3. The molecule has 0 aliphatic carbocycles. The zero-order chi connectivity index (χ0) is 18.1. The average Bonchev–Trinajstić information content (AvgIpc) is 3.12. The number of aromatic nitrogens is 3. The van der Waals surface area contributed by atoms with Gasteiger partial charge in [-0.3, -0.25) is 4.79 Å². The van der Waals surface area contributed by atoms with Gasteiger partial charge in [0.25, 0.3) is 0 Å². The van der Waals surface area contributed by atoms with Crippen LogP contribution in [-0.2, 0) is 4.74 Å². The van der Waals surface area contributed by atoms with Crippen LogP contribution in [-0.4, -0.2) is 53.2 Å². The van der Waals surface area contributed by atoms with E-state index in [0.29, 0.717) is 25.3 Å². The second-order valence-electron chi connectivity index (χ2n) is 6.24. The van der Waals surface area contributed by atoms with E-state index in [2.05, 4.69) is 19.9 Å². The number of fused-ring (bicyclic) bond motifs is 1. The highest BCUT2D eigenvalue weighted by Crippen LogP contribution is 2.34. The molecule has 134 valence electrons. The van der Waals surface area contributed by atoms with Gasteiger partial charge in [0.05, 0.1) is 18.1 Å². The molecule has 1 fully saturated rings. The van der Waals surface area contributed by atoms with E-state index in [9.17, 15) is 4.79 Å². The summed E-state index contributed by atoms with van der Waals surface area (Å²) >= 11 is 0. The molecule has 3 aromatic rings. The molecule has 2 aromatic heterocycles. The van der Waals surface area contributed by atoms with Crippen LogP contribution < -0.4 is 16.4 Å². The Balaban J connectivity index is 1.82. The van der Waals surface area contributed by atoms with Crippen LogP contribution in [0.15, 0.2) is 36.8 Å². The first-order valence-corrected chi connectivity index (χ1v) is 8.46. The number of anilines is 1. The average molecular weight is 352 g/mol. The van der Waals surface area contributed by atoms with Crippen molar-refractivity contribution in [2.24, 2.45) is 11.5 Å². The molecule has 4 rings (SSSR count). The zero-order valence-electron chi connectivity index (χ0n) is 14.2. The minimum absolute atomic E-state index is 0.0191. The standard InChI is InChI=1S/C18H20N6O2/c19-7-13-9-24(4-5-26-13)18-15-14(8-21-17(15)22-10-23-18)11-2-1-3-12(6-11)16(20)25/h1-3,6,8,10,13H,4-5,7,9,19H2,(H2,20,25)(H,21,22,23). The van der Waals surface area contributed by atoms with Crippen molar-refractivity contribution in [1.29, 1.82) is 0 Å². The fourth-order valence-electron chi connectivity index (χ4n) is 3.31. The molecule has 1 saturated heterocycles. The zero-order valence-corrected chi connectivity index (χ0v) is 14.2. The van der Waals surface area contributed by atoms with Crippen molar-refractivity contribution in [3.63, 3.8) is 0 Å². The second-order valence-corrected chi connectivity index (χ2v) is 6.24. The van der Waals surface area contributed by atoms with Crippen LogP contribution in [0, 0.1) is 0 Å². The molecule has 1 aliphatic heterocycles. The van der Waals surface area contributed by atoms with E-state index in [4.69, 9.17) is 16.2 Å². The second kappa shape index (κ2) is 6.74. The molecule has 0 radical (unpaired) electrons. The van der Waals surface area contributed by atoms with E-state index in [1.807, 2.05) is 18.3 Å². The highest BCUT2D eigenvalue weighted by molar-refractivity contribution is 6.02. The number of carbonyl (C=O) groups excluding carboxylic acids is 1. The molecule has 1 amide bonds. The maximum Gasteiger partial charge on any atom is 0.248 e. The number of nitrogens with zero attached hydrogens (tertiary/aromatic N) is 3. The van der Waals surface area contributed by atoms with E-state index >= 15 is 0 Å². The summed E-state index contributed by atoms with van der Waals surface area (Å²) in [4.78, 5) is 25.7. The maximum absolute atomic E-state index is 11.5. The topological polar surface area (TPSA) is 123 Å². The number of benzene rings is 1. The lowest BCUT2D eigenvalue weighted by Gasteiger charge is -2.33. The van der Waals surface area contributed by atoms with Gasteiger partial charge in [0.2, 0.25) is 5.91 Å². The molecular formula is C18H20N6O2. The van der Waals surface area contributed by atoms with E-state index in [1.54, 1.807) is 18.5 Å². The van der Waals surface area contributed by atoms with Crippen molar-refractivity contribution in [1.82, 2.24) is 15.0 Å². The molecule has 8 heteroatoms. The minimum Gasteiger partial charge on any atom is -0.373 e. The summed E-state index contributed by atoms with van der Waals surface area (Å²) in [6, 6.07) is 7.24. The predicted molar refractivity (Wildman–Crippen MR) is 98.9 cm³/mol. The summed E-state index contributed by atoms with van der Waals surface area (Å²) in [5.41, 5.74) is 14.2. The van der Waals surface area contributed by atoms with Gasteiger partial charge < -0.3 is 26.1 Å². The van der Waals surface area contributed by atoms with Gasteiger partial charge in [-0.25, -0.2) is 9.97 Å². The van der Waals surface area contributed by atoms with Crippen LogP contribution in [0.1, 0.15) is 10.4 Å². The number of H-pyrrole nitrogens is 1. The van der Waals surface area contributed by atoms with Gasteiger partial charge in [0.15, 0.2) is 0 Å². The van der Waals surface area contributed by atoms with Crippen LogP contribution >= 0.6 is 0 Å². The first-order chi connectivity index (χ1) is 12.7. The van der Waals surface area contributed by atoms with Crippen molar-refractivity contribution in [3.8, 4) is 11.1 Å². The van der Waals surface area contributed by atoms with Crippen molar-refractivity contribution in [2.75, 3.05) is 31.1 Å². The summed E-state index contributed by atoms with van der Waals surface area (Å²) in [6.45, 7) is 2.47. The number of nitrogens with two attached hydrogens (primary N) is 2. The van der Waals surface area contributed by atoms with Gasteiger partial charge >= 0.3 is 0 Å². The molecule has 5 N–H and O–H groups in total. The molecule has 8 nitrogen and oxygen atoms in total. The number of hydrogen-bond acceptors (Lipinski definition) is 6. The number of rotatable bonds is 4. The monoisotopic (exact) mass is 352 g/mol. The number of nitrogens with one attached hydrogen (secondary N) is 1. The number of carbonyl (C=O) groups is 1. The van der Waals surface area contributed by atoms with Gasteiger partial charge in [0.1, 0.15) is 17.8 Å². The first-order valence-electron chi connectivity index (χ1n) is 8.46. The summed E-state index contributed by atoms with van der Waals surface area (Å²) in [7, 11) is 0. The fraction of sp³-hybridized carbons (Fsp3) is 0.278. The molecular weight excluding hydrogens is 332 g/mol. The van der Waals surface area contributed by atoms with Crippen molar-refractivity contribution in [3.05, 3.63) is 42.4 Å². The molecule has 1 aromatic carbocycles. The Bertz CT molecular complexity index is 954. The molecule has 0 spiro atoms. The molecule has 3 heterocycles. The predicted octanol–water partition coefficient (Wildman–Crippen LogP) is 0.888. The molecule has 0 saturated carbocycles. The maximum atomic E-state index is 11.5. The van der Waals surface area contributed by atoms with Gasteiger partial charge in [-0.1, -0.05) is 12.1 Å². The summed E-state index contributed by atoms with van der Waals surface area (Å²) < 4.78 is 5.66. The highest BCUT2D eigenvalue weighted by atomic mass is 16.5. The van der Waals surface area contributed by atoms with Gasteiger partial charge in [0, 0.05) is 37.0 Å². The van der Waals surface area contributed by atoms with Gasteiger partial charge in [-0.05, 0) is 17.7 Å².